The number of carbonyl (C=O) groups is 1. The Labute approximate surface area is 224 Å². The highest BCUT2D eigenvalue weighted by atomic mass is 32.2. The van der Waals surface area contributed by atoms with Crippen molar-refractivity contribution < 1.29 is 14.3 Å². The Kier molecular flexibility index (Phi) is 6.65. The summed E-state index contributed by atoms with van der Waals surface area (Å²) in [6.45, 7) is 3.25. The first kappa shape index (κ1) is 24.1. The standard InChI is InChI=1S/C28H27N3O4S2/c32-25-8-4-7-22-20-13-18(16-31(22)25)15-30(17-20)28(36)37-26(19-5-2-1-3-6-19)27(33)29-21-9-10-23-24(14-21)35-12-11-34-23/h1-10,14,18,20,26H,11-13,15-17H2,(H,29,33)/t18-,20-,26-/m0/s1. The molecule has 4 heterocycles. The Morgan fingerprint density at radius 1 is 0.973 bits per heavy atom. The summed E-state index contributed by atoms with van der Waals surface area (Å²) in [7, 11) is 0. The molecule has 0 unspecified atom stereocenters. The van der Waals surface area contributed by atoms with Crippen molar-refractivity contribution in [3.8, 4) is 11.5 Å². The van der Waals surface area contributed by atoms with Gasteiger partial charge in [-0.25, -0.2) is 0 Å². The Balaban J connectivity index is 1.20. The monoisotopic (exact) mass is 533 g/mol. The molecule has 190 valence electrons. The van der Waals surface area contributed by atoms with Gasteiger partial charge >= 0.3 is 0 Å². The van der Waals surface area contributed by atoms with E-state index in [2.05, 4.69) is 16.3 Å². The lowest BCUT2D eigenvalue weighted by molar-refractivity contribution is -0.115. The molecule has 2 bridgehead atoms. The molecule has 3 atom stereocenters. The Bertz CT molecular complexity index is 1390. The van der Waals surface area contributed by atoms with Gasteiger partial charge in [0.25, 0.3) is 5.56 Å². The molecule has 9 heteroatoms. The van der Waals surface area contributed by atoms with Crippen molar-refractivity contribution in [2.75, 3.05) is 31.6 Å². The van der Waals surface area contributed by atoms with Gasteiger partial charge in [0.1, 0.15) is 22.8 Å². The van der Waals surface area contributed by atoms with Crippen LogP contribution in [0.4, 0.5) is 5.69 Å². The smallest absolute Gasteiger partial charge is 0.250 e. The van der Waals surface area contributed by atoms with E-state index in [-0.39, 0.29) is 17.4 Å². The molecule has 1 saturated heterocycles. The number of fused-ring (bicyclic) bond motifs is 5. The topological polar surface area (TPSA) is 72.8 Å². The maximum absolute atomic E-state index is 13.6. The molecule has 1 amide bonds. The molecule has 3 aliphatic rings. The Morgan fingerprint density at radius 3 is 2.62 bits per heavy atom. The van der Waals surface area contributed by atoms with Crippen LogP contribution in [0.2, 0.25) is 0 Å². The second-order valence-corrected chi connectivity index (χ2v) is 11.4. The van der Waals surface area contributed by atoms with Gasteiger partial charge in [-0.2, -0.15) is 0 Å². The summed E-state index contributed by atoms with van der Waals surface area (Å²) in [5, 5.41) is 2.53. The predicted molar refractivity (Wildman–Crippen MR) is 149 cm³/mol. The molecular formula is C28H27N3O4S2. The summed E-state index contributed by atoms with van der Waals surface area (Å²) in [4.78, 5) is 28.2. The summed E-state index contributed by atoms with van der Waals surface area (Å²) < 4.78 is 13.9. The Hall–Kier alpha value is -3.30. The number of thiocarbonyl (C=S) groups is 1. The number of carbonyl (C=O) groups excluding carboxylic acids is 1. The van der Waals surface area contributed by atoms with Crippen LogP contribution in [0, 0.1) is 5.92 Å². The van der Waals surface area contributed by atoms with E-state index in [0.717, 1.165) is 30.8 Å². The molecule has 3 aromatic rings. The average Bonchev–Trinajstić information content (AvgIpc) is 2.92. The molecule has 0 saturated carbocycles. The lowest BCUT2D eigenvalue weighted by Gasteiger charge is -2.43. The molecule has 1 aromatic heterocycles. The molecule has 2 aromatic carbocycles. The van der Waals surface area contributed by atoms with Crippen molar-refractivity contribution in [2.24, 2.45) is 5.92 Å². The first-order chi connectivity index (χ1) is 18.0. The van der Waals surface area contributed by atoms with Crippen LogP contribution in [0.3, 0.4) is 0 Å². The van der Waals surface area contributed by atoms with Crippen LogP contribution in [0.1, 0.15) is 28.8 Å². The number of rotatable bonds is 4. The first-order valence-electron chi connectivity index (χ1n) is 12.5. The maximum Gasteiger partial charge on any atom is 0.250 e. The number of nitrogens with one attached hydrogen (secondary N) is 1. The molecule has 0 aliphatic carbocycles. The summed E-state index contributed by atoms with van der Waals surface area (Å²) in [6.07, 6.45) is 1.06. The zero-order chi connectivity index (χ0) is 25.4. The molecular weight excluding hydrogens is 506 g/mol. The normalized spacial score (nSPS) is 20.5. The molecule has 37 heavy (non-hydrogen) atoms. The van der Waals surface area contributed by atoms with E-state index >= 15 is 0 Å². The number of benzene rings is 2. The molecule has 6 rings (SSSR count). The van der Waals surface area contributed by atoms with E-state index in [1.165, 1.54) is 11.8 Å². The van der Waals surface area contributed by atoms with Gasteiger partial charge in [-0.15, -0.1) is 0 Å². The fraction of sp³-hybridized carbons (Fsp3) is 0.321. The van der Waals surface area contributed by atoms with E-state index < -0.39 is 5.25 Å². The van der Waals surface area contributed by atoms with Gasteiger partial charge in [-0.05, 0) is 36.1 Å². The number of likely N-dealkylation sites (tertiary alicyclic amines) is 1. The van der Waals surface area contributed by atoms with Crippen LogP contribution in [-0.2, 0) is 11.3 Å². The zero-order valence-electron chi connectivity index (χ0n) is 20.2. The predicted octanol–water partition coefficient (Wildman–Crippen LogP) is 4.44. The summed E-state index contributed by atoms with van der Waals surface area (Å²) in [5.74, 6) is 1.76. The highest BCUT2D eigenvalue weighted by molar-refractivity contribution is 8.23. The molecule has 0 radical (unpaired) electrons. The highest BCUT2D eigenvalue weighted by Gasteiger charge is 2.36. The van der Waals surface area contributed by atoms with Gasteiger partial charge in [-0.3, -0.25) is 9.59 Å². The number of ether oxygens (including phenoxy) is 2. The number of pyridine rings is 1. The Morgan fingerprint density at radius 2 is 1.78 bits per heavy atom. The molecule has 1 N–H and O–H groups in total. The minimum Gasteiger partial charge on any atom is -0.486 e. The van der Waals surface area contributed by atoms with Crippen LogP contribution >= 0.6 is 24.0 Å². The minimum absolute atomic E-state index is 0.0672. The van der Waals surface area contributed by atoms with Crippen molar-refractivity contribution >= 4 is 39.9 Å². The summed E-state index contributed by atoms with van der Waals surface area (Å²) in [5.41, 5.74) is 2.69. The second-order valence-electron chi connectivity index (χ2n) is 9.63. The number of amides is 1. The van der Waals surface area contributed by atoms with Crippen LogP contribution < -0.4 is 20.3 Å². The fourth-order valence-electron chi connectivity index (χ4n) is 5.45. The first-order valence-corrected chi connectivity index (χ1v) is 13.7. The molecule has 1 fully saturated rings. The van der Waals surface area contributed by atoms with E-state index in [9.17, 15) is 9.59 Å². The SMILES string of the molecule is O=C(Nc1ccc2c(c1)OCCO2)[C@@H](SC(=S)N1C[C@@H]2C[C@@H](C1)c1cccc(=O)n1C2)c1ccccc1. The van der Waals surface area contributed by atoms with E-state index in [1.54, 1.807) is 12.1 Å². The molecule has 0 spiro atoms. The number of hydrogen-bond acceptors (Lipinski definition) is 6. The van der Waals surface area contributed by atoms with Crippen molar-refractivity contribution in [3.63, 3.8) is 0 Å². The number of thioether (sulfide) groups is 1. The van der Waals surface area contributed by atoms with Crippen molar-refractivity contribution in [1.29, 1.82) is 0 Å². The average molecular weight is 534 g/mol. The van der Waals surface area contributed by atoms with Crippen molar-refractivity contribution in [2.45, 2.75) is 24.1 Å². The lowest BCUT2D eigenvalue weighted by atomic mass is 9.83. The van der Waals surface area contributed by atoms with Gasteiger partial charge in [0.05, 0.1) is 0 Å². The zero-order valence-corrected chi connectivity index (χ0v) is 21.8. The number of hydrogen-bond donors (Lipinski definition) is 1. The third-order valence-corrected chi connectivity index (χ3v) is 8.84. The fourth-order valence-corrected chi connectivity index (χ4v) is 6.85. The summed E-state index contributed by atoms with van der Waals surface area (Å²) >= 11 is 7.32. The van der Waals surface area contributed by atoms with Crippen molar-refractivity contribution in [1.82, 2.24) is 9.47 Å². The van der Waals surface area contributed by atoms with Gasteiger partial charge in [0.15, 0.2) is 11.5 Å². The second kappa shape index (κ2) is 10.2. The van der Waals surface area contributed by atoms with Crippen LogP contribution in [0.25, 0.3) is 0 Å². The van der Waals surface area contributed by atoms with Gasteiger partial charge in [0.2, 0.25) is 5.91 Å². The number of nitrogens with zero attached hydrogens (tertiary/aromatic N) is 2. The summed E-state index contributed by atoms with van der Waals surface area (Å²) in [6, 6.07) is 20.7. The van der Waals surface area contributed by atoms with Crippen LogP contribution in [0.15, 0.2) is 71.5 Å². The van der Waals surface area contributed by atoms with E-state index in [1.807, 2.05) is 53.1 Å². The third kappa shape index (κ3) is 4.98. The largest absolute Gasteiger partial charge is 0.486 e. The molecule has 3 aliphatic heterocycles. The number of aromatic nitrogens is 1. The minimum atomic E-state index is -0.515. The highest BCUT2D eigenvalue weighted by Crippen LogP contribution is 2.39. The third-order valence-electron chi connectivity index (χ3n) is 7.11. The van der Waals surface area contributed by atoms with E-state index in [0.29, 0.717) is 47.2 Å². The van der Waals surface area contributed by atoms with Gasteiger partial charge in [0, 0.05) is 49.1 Å². The molecule has 7 nitrogen and oxygen atoms in total. The quantitative estimate of drug-likeness (QED) is 0.497. The number of anilines is 1. The van der Waals surface area contributed by atoms with E-state index in [4.69, 9.17) is 21.7 Å². The van der Waals surface area contributed by atoms with Crippen molar-refractivity contribution in [3.05, 3.63) is 88.3 Å². The van der Waals surface area contributed by atoms with Gasteiger partial charge in [-0.1, -0.05) is 60.4 Å². The lowest BCUT2D eigenvalue weighted by Crippen LogP contribution is -2.48. The van der Waals surface area contributed by atoms with Gasteiger partial charge < -0.3 is 24.3 Å². The van der Waals surface area contributed by atoms with Crippen LogP contribution in [0.5, 0.6) is 11.5 Å². The van der Waals surface area contributed by atoms with Crippen LogP contribution in [-0.4, -0.2) is 46.0 Å². The number of piperidine rings is 1. The maximum atomic E-state index is 13.6.